The molecular formula is C17H25N3O4. The summed E-state index contributed by atoms with van der Waals surface area (Å²) in [4.78, 5) is 37.8. The van der Waals surface area contributed by atoms with Gasteiger partial charge in [-0.1, -0.05) is 0 Å². The van der Waals surface area contributed by atoms with Crippen molar-refractivity contribution in [1.29, 1.82) is 0 Å². The number of carbonyl (C=O) groups is 3. The Hall–Kier alpha value is -2.15. The Morgan fingerprint density at radius 1 is 1.33 bits per heavy atom. The van der Waals surface area contributed by atoms with E-state index in [1.807, 2.05) is 25.3 Å². The zero-order valence-corrected chi connectivity index (χ0v) is 15.1. The number of hydrogen-bond donors (Lipinski definition) is 1. The number of amides is 3. The number of ether oxygens (including phenoxy) is 1. The number of carbonyl (C=O) groups excluding carboxylic acids is 3. The summed E-state index contributed by atoms with van der Waals surface area (Å²) in [6, 6.07) is 1.36. The van der Waals surface area contributed by atoms with Crippen molar-refractivity contribution >= 4 is 17.7 Å². The number of methoxy groups -OCH3 is 1. The smallest absolute Gasteiger partial charge is 0.325 e. The molecule has 7 heteroatoms. The Balaban J connectivity index is 2.24. The number of aryl methyl sites for hydroxylation is 1. The number of ketones is 1. The number of Topliss-reactive ketones (excluding diaryl/α,β-unsaturated/α-hetero) is 1. The van der Waals surface area contributed by atoms with E-state index in [2.05, 4.69) is 5.32 Å². The molecule has 7 nitrogen and oxygen atoms in total. The van der Waals surface area contributed by atoms with Crippen LogP contribution in [0.1, 0.15) is 48.6 Å². The lowest BCUT2D eigenvalue weighted by atomic mass is 10.1. The van der Waals surface area contributed by atoms with E-state index in [0.29, 0.717) is 12.2 Å². The first-order chi connectivity index (χ1) is 11.1. The summed E-state index contributed by atoms with van der Waals surface area (Å²) in [5.74, 6) is -0.637. The van der Waals surface area contributed by atoms with Gasteiger partial charge in [-0.05, 0) is 40.7 Å². The van der Waals surface area contributed by atoms with Crippen LogP contribution in [0.15, 0.2) is 6.07 Å². The predicted octanol–water partition coefficient (Wildman–Crippen LogP) is 1.83. The maximum Gasteiger partial charge on any atom is 0.325 e. The van der Waals surface area contributed by atoms with Crippen LogP contribution in [-0.4, -0.2) is 53.0 Å². The van der Waals surface area contributed by atoms with Gasteiger partial charge in [-0.2, -0.15) is 0 Å². The highest BCUT2D eigenvalue weighted by atomic mass is 16.5. The van der Waals surface area contributed by atoms with Crippen LogP contribution < -0.4 is 5.32 Å². The van der Waals surface area contributed by atoms with Crippen LogP contribution in [0.2, 0.25) is 0 Å². The average molecular weight is 335 g/mol. The van der Waals surface area contributed by atoms with Crippen molar-refractivity contribution in [3.63, 3.8) is 0 Å². The van der Waals surface area contributed by atoms with Gasteiger partial charge in [0, 0.05) is 24.1 Å². The number of hydrogen-bond acceptors (Lipinski definition) is 4. The van der Waals surface area contributed by atoms with E-state index in [4.69, 9.17) is 4.74 Å². The second-order valence-electron chi connectivity index (χ2n) is 6.83. The van der Waals surface area contributed by atoms with Crippen LogP contribution >= 0.6 is 0 Å². The standard InChI is InChI=1S/C17H25N3O4/c1-10-7-13(12(3)20(10)11(2)9-24-6)14(21)8-19-15(22)17(4,5)18-16(19)23/h7,11H,8-9H2,1-6H3,(H,18,23)/t11-/m0/s1. The quantitative estimate of drug-likeness (QED) is 0.635. The predicted molar refractivity (Wildman–Crippen MR) is 89.1 cm³/mol. The first kappa shape index (κ1) is 18.2. The average Bonchev–Trinajstić information content (AvgIpc) is 2.87. The molecular weight excluding hydrogens is 310 g/mol. The van der Waals surface area contributed by atoms with E-state index in [0.717, 1.165) is 16.3 Å². The number of rotatable bonds is 6. The van der Waals surface area contributed by atoms with Gasteiger partial charge in [-0.3, -0.25) is 14.5 Å². The first-order valence-electron chi connectivity index (χ1n) is 7.94. The van der Waals surface area contributed by atoms with Crippen molar-refractivity contribution in [3.05, 3.63) is 23.0 Å². The summed E-state index contributed by atoms with van der Waals surface area (Å²) < 4.78 is 7.22. The second-order valence-corrected chi connectivity index (χ2v) is 6.83. The molecule has 1 aliphatic heterocycles. The van der Waals surface area contributed by atoms with E-state index in [1.54, 1.807) is 27.0 Å². The van der Waals surface area contributed by atoms with Crippen molar-refractivity contribution in [2.75, 3.05) is 20.3 Å². The van der Waals surface area contributed by atoms with E-state index in [9.17, 15) is 14.4 Å². The van der Waals surface area contributed by atoms with Gasteiger partial charge in [0.25, 0.3) is 5.91 Å². The summed E-state index contributed by atoms with van der Waals surface area (Å²) in [7, 11) is 1.63. The third kappa shape index (κ3) is 3.08. The maximum absolute atomic E-state index is 12.7. The number of imide groups is 1. The van der Waals surface area contributed by atoms with Crippen molar-refractivity contribution < 1.29 is 19.1 Å². The van der Waals surface area contributed by atoms with Crippen LogP contribution in [-0.2, 0) is 9.53 Å². The molecule has 0 radical (unpaired) electrons. The maximum atomic E-state index is 12.7. The normalized spacial score (nSPS) is 18.0. The lowest BCUT2D eigenvalue weighted by molar-refractivity contribution is -0.129. The monoisotopic (exact) mass is 335 g/mol. The molecule has 1 aromatic rings. The van der Waals surface area contributed by atoms with Crippen LogP contribution in [0.4, 0.5) is 4.79 Å². The number of aromatic nitrogens is 1. The Morgan fingerprint density at radius 2 is 1.96 bits per heavy atom. The molecule has 0 unspecified atom stereocenters. The molecule has 0 bridgehead atoms. The van der Waals surface area contributed by atoms with Crippen LogP contribution in [0.3, 0.4) is 0 Å². The van der Waals surface area contributed by atoms with Crippen LogP contribution in [0.25, 0.3) is 0 Å². The van der Waals surface area contributed by atoms with Crippen molar-refractivity contribution in [1.82, 2.24) is 14.8 Å². The van der Waals surface area contributed by atoms with Gasteiger partial charge < -0.3 is 14.6 Å². The largest absolute Gasteiger partial charge is 0.383 e. The minimum atomic E-state index is -0.971. The molecule has 24 heavy (non-hydrogen) atoms. The molecule has 2 rings (SSSR count). The molecule has 132 valence electrons. The Labute approximate surface area is 141 Å². The Morgan fingerprint density at radius 3 is 2.46 bits per heavy atom. The molecule has 0 aliphatic carbocycles. The highest BCUT2D eigenvalue weighted by Crippen LogP contribution is 2.23. The fraction of sp³-hybridized carbons (Fsp3) is 0.588. The zero-order chi connectivity index (χ0) is 18.2. The van der Waals surface area contributed by atoms with E-state index >= 15 is 0 Å². The number of nitrogens with one attached hydrogen (secondary N) is 1. The minimum Gasteiger partial charge on any atom is -0.383 e. The molecule has 1 N–H and O–H groups in total. The highest BCUT2D eigenvalue weighted by molar-refractivity contribution is 6.11. The van der Waals surface area contributed by atoms with Gasteiger partial charge >= 0.3 is 6.03 Å². The summed E-state index contributed by atoms with van der Waals surface area (Å²) >= 11 is 0. The lowest BCUT2D eigenvalue weighted by Crippen LogP contribution is -2.41. The lowest BCUT2D eigenvalue weighted by Gasteiger charge is -2.18. The number of nitrogens with zero attached hydrogens (tertiary/aromatic N) is 2. The zero-order valence-electron chi connectivity index (χ0n) is 15.1. The molecule has 1 atom stereocenters. The first-order valence-corrected chi connectivity index (χ1v) is 7.94. The topological polar surface area (TPSA) is 80.6 Å². The van der Waals surface area contributed by atoms with Crippen LogP contribution in [0, 0.1) is 13.8 Å². The minimum absolute atomic E-state index is 0.0900. The third-order valence-corrected chi connectivity index (χ3v) is 4.38. The molecule has 0 saturated carbocycles. The molecule has 3 amide bonds. The third-order valence-electron chi connectivity index (χ3n) is 4.38. The van der Waals surface area contributed by atoms with Gasteiger partial charge in [0.05, 0.1) is 19.2 Å². The molecule has 1 fully saturated rings. The van der Waals surface area contributed by atoms with Crippen LogP contribution in [0.5, 0.6) is 0 Å². The molecule has 0 aromatic carbocycles. The van der Waals surface area contributed by atoms with E-state index in [1.165, 1.54) is 0 Å². The molecule has 1 aromatic heterocycles. The van der Waals surface area contributed by atoms with Gasteiger partial charge in [-0.25, -0.2) is 4.79 Å². The van der Waals surface area contributed by atoms with Gasteiger partial charge in [0.2, 0.25) is 0 Å². The van der Waals surface area contributed by atoms with Gasteiger partial charge in [-0.15, -0.1) is 0 Å². The van der Waals surface area contributed by atoms with E-state index in [-0.39, 0.29) is 24.3 Å². The highest BCUT2D eigenvalue weighted by Gasteiger charge is 2.45. The summed E-state index contributed by atoms with van der Waals surface area (Å²) in [5, 5.41) is 2.58. The van der Waals surface area contributed by atoms with Gasteiger partial charge in [0.15, 0.2) is 5.78 Å². The molecule has 0 spiro atoms. The molecule has 1 aliphatic rings. The number of urea groups is 1. The van der Waals surface area contributed by atoms with Crippen molar-refractivity contribution in [3.8, 4) is 0 Å². The summed E-state index contributed by atoms with van der Waals surface area (Å²) in [5.41, 5.74) is 1.31. The summed E-state index contributed by atoms with van der Waals surface area (Å²) in [6.07, 6.45) is 0. The van der Waals surface area contributed by atoms with E-state index < -0.39 is 11.6 Å². The molecule has 1 saturated heterocycles. The summed E-state index contributed by atoms with van der Waals surface area (Å²) in [6.45, 7) is 9.32. The second kappa shape index (κ2) is 6.39. The van der Waals surface area contributed by atoms with Crippen molar-refractivity contribution in [2.45, 2.75) is 46.2 Å². The molecule has 2 heterocycles. The fourth-order valence-electron chi connectivity index (χ4n) is 3.24. The fourth-order valence-corrected chi connectivity index (χ4v) is 3.24. The Kier molecular flexibility index (Phi) is 4.85. The van der Waals surface area contributed by atoms with Gasteiger partial charge in [0.1, 0.15) is 5.54 Å². The SMILES string of the molecule is COC[C@H](C)n1c(C)cc(C(=O)CN2C(=O)NC(C)(C)C2=O)c1C. The Bertz CT molecular complexity index is 690. The van der Waals surface area contributed by atoms with Crippen molar-refractivity contribution in [2.24, 2.45) is 0 Å².